The number of carbonyl (C=O) groups excluding carboxylic acids is 1. The van der Waals surface area contributed by atoms with Gasteiger partial charge in [-0.1, -0.05) is 0 Å². The molecule has 0 unspecified atom stereocenters. The number of amides is 1. The van der Waals surface area contributed by atoms with Crippen molar-refractivity contribution in [1.29, 1.82) is 0 Å². The number of thiophene rings is 1. The van der Waals surface area contributed by atoms with Crippen molar-refractivity contribution in [2.75, 3.05) is 19.6 Å². The van der Waals surface area contributed by atoms with Crippen molar-refractivity contribution in [1.82, 2.24) is 15.2 Å². The van der Waals surface area contributed by atoms with E-state index < -0.39 is 0 Å². The molecule has 1 N–H and O–H groups in total. The van der Waals surface area contributed by atoms with Crippen LogP contribution in [0, 0.1) is 5.92 Å². The summed E-state index contributed by atoms with van der Waals surface area (Å²) >= 11 is 1.52. The summed E-state index contributed by atoms with van der Waals surface area (Å²) in [5.74, 6) is 0.734. The van der Waals surface area contributed by atoms with Crippen LogP contribution in [0.2, 0.25) is 0 Å². The van der Waals surface area contributed by atoms with E-state index in [1.807, 2.05) is 23.6 Å². The van der Waals surface area contributed by atoms with Crippen molar-refractivity contribution >= 4 is 17.2 Å². The van der Waals surface area contributed by atoms with Gasteiger partial charge >= 0.3 is 0 Å². The maximum atomic E-state index is 12.5. The number of aromatic nitrogens is 1. The summed E-state index contributed by atoms with van der Waals surface area (Å²) in [5, 5.41) is 5.29. The number of fused-ring (bicyclic) bond motifs is 3. The lowest BCUT2D eigenvalue weighted by atomic mass is 9.84. The number of piperidine rings is 3. The average Bonchev–Trinajstić information content (AvgIpc) is 3.07. The second kappa shape index (κ2) is 5.82. The lowest BCUT2D eigenvalue weighted by molar-refractivity contribution is 0.0622. The van der Waals surface area contributed by atoms with E-state index in [1.165, 1.54) is 37.3 Å². The molecule has 3 aliphatic heterocycles. The van der Waals surface area contributed by atoms with Crippen LogP contribution >= 0.6 is 11.3 Å². The summed E-state index contributed by atoms with van der Waals surface area (Å²) in [6, 6.07) is 6.24. The van der Waals surface area contributed by atoms with Crippen LogP contribution in [0.4, 0.5) is 0 Å². The standard InChI is InChI=1S/C17H19N3OS/c21-17(19-15-10-20-7-3-13(15)4-8-20)16-9-14(11-22-16)12-1-5-18-6-2-12/h1-2,5-6,9,11,13,15H,3-4,7-8,10H2,(H,19,21)/t15-/m0/s1. The van der Waals surface area contributed by atoms with Crippen LogP contribution in [0.3, 0.4) is 0 Å². The zero-order valence-corrected chi connectivity index (χ0v) is 13.2. The van der Waals surface area contributed by atoms with Crippen molar-refractivity contribution in [3.8, 4) is 11.1 Å². The predicted molar refractivity (Wildman–Crippen MR) is 88.0 cm³/mol. The number of hydrogen-bond acceptors (Lipinski definition) is 4. The van der Waals surface area contributed by atoms with Gasteiger partial charge in [0.15, 0.2) is 0 Å². The summed E-state index contributed by atoms with van der Waals surface area (Å²) in [4.78, 5) is 19.8. The van der Waals surface area contributed by atoms with Crippen molar-refractivity contribution in [3.63, 3.8) is 0 Å². The Morgan fingerprint density at radius 3 is 2.68 bits per heavy atom. The van der Waals surface area contributed by atoms with E-state index >= 15 is 0 Å². The normalized spacial score (nSPS) is 26.8. The number of nitrogens with one attached hydrogen (secondary N) is 1. The van der Waals surface area contributed by atoms with Gasteiger partial charge in [0, 0.05) is 25.0 Å². The largest absolute Gasteiger partial charge is 0.347 e. The molecule has 114 valence electrons. The van der Waals surface area contributed by atoms with Gasteiger partial charge in [0.25, 0.3) is 5.91 Å². The van der Waals surface area contributed by atoms with Gasteiger partial charge in [0.05, 0.1) is 4.88 Å². The zero-order chi connectivity index (χ0) is 14.9. The van der Waals surface area contributed by atoms with Gasteiger partial charge in [-0.05, 0) is 66.6 Å². The van der Waals surface area contributed by atoms with Gasteiger partial charge in [0.2, 0.25) is 0 Å². The van der Waals surface area contributed by atoms with E-state index in [2.05, 4.69) is 15.2 Å². The third kappa shape index (κ3) is 2.66. The molecule has 22 heavy (non-hydrogen) atoms. The predicted octanol–water partition coefficient (Wildman–Crippen LogP) is 2.63. The lowest BCUT2D eigenvalue weighted by Crippen LogP contribution is -2.57. The molecule has 5 rings (SSSR count). The Balaban J connectivity index is 1.46. The maximum Gasteiger partial charge on any atom is 0.261 e. The minimum atomic E-state index is 0.0732. The molecule has 2 aromatic rings. The lowest BCUT2D eigenvalue weighted by Gasteiger charge is -2.44. The molecular weight excluding hydrogens is 294 g/mol. The van der Waals surface area contributed by atoms with Crippen molar-refractivity contribution in [2.24, 2.45) is 5.92 Å². The summed E-state index contributed by atoms with van der Waals surface area (Å²) in [6.07, 6.45) is 6.00. The van der Waals surface area contributed by atoms with Gasteiger partial charge in [-0.3, -0.25) is 9.78 Å². The molecule has 0 radical (unpaired) electrons. The highest BCUT2D eigenvalue weighted by molar-refractivity contribution is 7.12. The summed E-state index contributed by atoms with van der Waals surface area (Å²) in [6.45, 7) is 3.41. The Bertz CT molecular complexity index is 662. The molecule has 2 aromatic heterocycles. The molecule has 1 atom stereocenters. The quantitative estimate of drug-likeness (QED) is 0.947. The highest BCUT2D eigenvalue weighted by atomic mass is 32.1. The highest BCUT2D eigenvalue weighted by Crippen LogP contribution is 2.29. The molecule has 0 spiro atoms. The van der Waals surface area contributed by atoms with E-state index in [9.17, 15) is 4.79 Å². The van der Waals surface area contributed by atoms with Crippen molar-refractivity contribution in [2.45, 2.75) is 18.9 Å². The first kappa shape index (κ1) is 13.9. The topological polar surface area (TPSA) is 45.2 Å². The molecule has 5 heterocycles. The van der Waals surface area contributed by atoms with Crippen molar-refractivity contribution in [3.05, 3.63) is 40.8 Å². The summed E-state index contributed by atoms with van der Waals surface area (Å²) in [5.41, 5.74) is 2.19. The molecule has 0 aliphatic carbocycles. The number of pyridine rings is 1. The van der Waals surface area contributed by atoms with Crippen LogP contribution in [0.25, 0.3) is 11.1 Å². The van der Waals surface area contributed by atoms with Gasteiger partial charge < -0.3 is 10.2 Å². The second-order valence-corrected chi connectivity index (χ2v) is 7.06. The Labute approximate surface area is 134 Å². The number of nitrogens with zero attached hydrogens (tertiary/aromatic N) is 2. The molecule has 3 saturated heterocycles. The average molecular weight is 313 g/mol. The first-order valence-corrected chi connectivity index (χ1v) is 8.70. The second-order valence-electron chi connectivity index (χ2n) is 6.15. The Morgan fingerprint density at radius 2 is 2.00 bits per heavy atom. The molecular formula is C17H19N3OS. The minimum absolute atomic E-state index is 0.0732. The molecule has 1 amide bonds. The molecule has 0 saturated carbocycles. The minimum Gasteiger partial charge on any atom is -0.347 e. The summed E-state index contributed by atoms with van der Waals surface area (Å²) < 4.78 is 0. The number of rotatable bonds is 3. The van der Waals surface area contributed by atoms with E-state index in [1.54, 1.807) is 12.4 Å². The van der Waals surface area contributed by atoms with Gasteiger partial charge in [-0.15, -0.1) is 11.3 Å². The molecule has 3 aliphatic rings. The Kier molecular flexibility index (Phi) is 3.68. The third-order valence-electron chi connectivity index (χ3n) is 4.81. The fourth-order valence-corrected chi connectivity index (χ4v) is 4.34. The SMILES string of the molecule is O=C(N[C@H]1CN2CCC1CC2)c1cc(-c2ccncc2)cs1. The molecule has 5 heteroatoms. The first-order chi connectivity index (χ1) is 10.8. The van der Waals surface area contributed by atoms with Crippen LogP contribution in [0.15, 0.2) is 36.0 Å². The van der Waals surface area contributed by atoms with Crippen LogP contribution in [-0.4, -0.2) is 41.5 Å². The van der Waals surface area contributed by atoms with E-state index in [0.717, 1.165) is 22.5 Å². The van der Waals surface area contributed by atoms with E-state index in [-0.39, 0.29) is 5.91 Å². The molecule has 3 fully saturated rings. The van der Waals surface area contributed by atoms with Gasteiger partial charge in [0.1, 0.15) is 0 Å². The van der Waals surface area contributed by atoms with Gasteiger partial charge in [-0.2, -0.15) is 0 Å². The molecule has 0 aromatic carbocycles. The summed E-state index contributed by atoms with van der Waals surface area (Å²) in [7, 11) is 0. The van der Waals surface area contributed by atoms with Crippen LogP contribution in [0.1, 0.15) is 22.5 Å². The Hall–Kier alpha value is -1.72. The van der Waals surface area contributed by atoms with Crippen LogP contribution < -0.4 is 5.32 Å². The monoisotopic (exact) mass is 313 g/mol. The number of hydrogen-bond donors (Lipinski definition) is 1. The fraction of sp³-hybridized carbons (Fsp3) is 0.412. The van der Waals surface area contributed by atoms with Gasteiger partial charge in [-0.25, -0.2) is 0 Å². The fourth-order valence-electron chi connectivity index (χ4n) is 3.52. The van der Waals surface area contributed by atoms with Crippen molar-refractivity contribution < 1.29 is 4.79 Å². The maximum absolute atomic E-state index is 12.5. The third-order valence-corrected chi connectivity index (χ3v) is 5.74. The smallest absolute Gasteiger partial charge is 0.261 e. The Morgan fingerprint density at radius 1 is 1.23 bits per heavy atom. The number of carbonyl (C=O) groups is 1. The highest BCUT2D eigenvalue weighted by Gasteiger charge is 2.35. The first-order valence-electron chi connectivity index (χ1n) is 7.82. The van der Waals surface area contributed by atoms with Crippen LogP contribution in [-0.2, 0) is 0 Å². The van der Waals surface area contributed by atoms with E-state index in [4.69, 9.17) is 0 Å². The van der Waals surface area contributed by atoms with E-state index in [0.29, 0.717) is 12.0 Å². The molecule has 4 nitrogen and oxygen atoms in total. The zero-order valence-electron chi connectivity index (χ0n) is 12.4. The van der Waals surface area contributed by atoms with Crippen LogP contribution in [0.5, 0.6) is 0 Å². The molecule has 2 bridgehead atoms.